The van der Waals surface area contributed by atoms with Gasteiger partial charge in [-0.3, -0.25) is 10.1 Å². The number of hydrogen-bond acceptors (Lipinski definition) is 6. The van der Waals surface area contributed by atoms with E-state index in [1.165, 1.54) is 6.20 Å². The van der Waals surface area contributed by atoms with Crippen molar-refractivity contribution in [2.24, 2.45) is 0 Å². The second kappa shape index (κ2) is 4.75. The van der Waals surface area contributed by atoms with Crippen LogP contribution in [0.25, 0.3) is 0 Å². The molecular weight excluding hydrogens is 230 g/mol. The molecule has 0 unspecified atom stereocenters. The van der Waals surface area contributed by atoms with E-state index in [1.807, 2.05) is 12.1 Å². The fraction of sp³-hybridized carbons (Fsp3) is 0.222. The summed E-state index contributed by atoms with van der Waals surface area (Å²) in [6.45, 7) is 0.637. The molecule has 0 saturated carbocycles. The van der Waals surface area contributed by atoms with Crippen molar-refractivity contribution in [1.82, 2.24) is 4.98 Å². The fourth-order valence-electron chi connectivity index (χ4n) is 1.18. The van der Waals surface area contributed by atoms with Crippen LogP contribution >= 0.6 is 11.3 Å². The first kappa shape index (κ1) is 10.6. The Morgan fingerprint density at radius 3 is 3.12 bits per heavy atom. The molecule has 0 bridgehead atoms. The highest BCUT2D eigenvalue weighted by atomic mass is 32.1. The molecule has 0 aliphatic heterocycles. The van der Waals surface area contributed by atoms with Crippen LogP contribution in [0, 0.1) is 10.1 Å². The number of thiazole rings is 1. The molecule has 2 aromatic heterocycles. The van der Waals surface area contributed by atoms with Gasteiger partial charge in [-0.15, -0.1) is 0 Å². The molecular formula is C9H9N3O3S. The zero-order chi connectivity index (χ0) is 11.4. The lowest BCUT2D eigenvalue weighted by Gasteiger charge is -1.98. The van der Waals surface area contributed by atoms with Crippen molar-refractivity contribution in [3.63, 3.8) is 0 Å². The van der Waals surface area contributed by atoms with Crippen LogP contribution in [0.15, 0.2) is 29.0 Å². The molecule has 84 valence electrons. The van der Waals surface area contributed by atoms with E-state index >= 15 is 0 Å². The normalized spacial score (nSPS) is 10.2. The number of hydrogen-bond donors (Lipinski definition) is 1. The third-order valence-corrected chi connectivity index (χ3v) is 2.81. The van der Waals surface area contributed by atoms with Gasteiger partial charge in [0.1, 0.15) is 12.0 Å². The number of furan rings is 1. The number of nitrogens with zero attached hydrogens (tertiary/aromatic N) is 2. The van der Waals surface area contributed by atoms with Gasteiger partial charge in [-0.1, -0.05) is 0 Å². The van der Waals surface area contributed by atoms with Crippen LogP contribution in [0.1, 0.15) is 5.76 Å². The maximum Gasteiger partial charge on any atom is 0.345 e. The van der Waals surface area contributed by atoms with Crippen molar-refractivity contribution in [3.05, 3.63) is 40.5 Å². The molecule has 2 rings (SSSR count). The van der Waals surface area contributed by atoms with Crippen molar-refractivity contribution >= 4 is 21.5 Å². The van der Waals surface area contributed by atoms with E-state index in [9.17, 15) is 10.1 Å². The van der Waals surface area contributed by atoms with Crippen molar-refractivity contribution in [1.29, 1.82) is 0 Å². The van der Waals surface area contributed by atoms with Crippen LogP contribution < -0.4 is 5.32 Å². The average Bonchev–Trinajstić information content (AvgIpc) is 2.87. The Bertz CT molecular complexity index is 466. The molecule has 0 aromatic carbocycles. The second-order valence-electron chi connectivity index (χ2n) is 3.02. The van der Waals surface area contributed by atoms with E-state index in [1.54, 1.807) is 6.26 Å². The third kappa shape index (κ3) is 2.57. The van der Waals surface area contributed by atoms with Gasteiger partial charge < -0.3 is 9.73 Å². The van der Waals surface area contributed by atoms with Gasteiger partial charge in [-0.05, 0) is 23.5 Å². The molecule has 0 amide bonds. The minimum Gasteiger partial charge on any atom is -0.469 e. The Hall–Kier alpha value is -1.89. The van der Waals surface area contributed by atoms with E-state index < -0.39 is 4.92 Å². The quantitative estimate of drug-likeness (QED) is 0.639. The van der Waals surface area contributed by atoms with Gasteiger partial charge in [0, 0.05) is 13.0 Å². The van der Waals surface area contributed by atoms with Crippen LogP contribution in [-0.4, -0.2) is 16.5 Å². The zero-order valence-electron chi connectivity index (χ0n) is 8.25. The lowest BCUT2D eigenvalue weighted by Crippen LogP contribution is -2.03. The van der Waals surface area contributed by atoms with Gasteiger partial charge in [0.25, 0.3) is 0 Å². The van der Waals surface area contributed by atoms with Crippen molar-refractivity contribution in [3.8, 4) is 0 Å². The van der Waals surface area contributed by atoms with Gasteiger partial charge in [-0.2, -0.15) is 0 Å². The monoisotopic (exact) mass is 239 g/mol. The number of nitro groups is 1. The van der Waals surface area contributed by atoms with Gasteiger partial charge in [0.15, 0.2) is 5.13 Å². The topological polar surface area (TPSA) is 81.2 Å². The summed E-state index contributed by atoms with van der Waals surface area (Å²) < 4.78 is 5.15. The molecule has 0 spiro atoms. The van der Waals surface area contributed by atoms with Gasteiger partial charge >= 0.3 is 5.00 Å². The van der Waals surface area contributed by atoms with E-state index in [4.69, 9.17) is 4.42 Å². The molecule has 1 N–H and O–H groups in total. The molecule has 2 heterocycles. The third-order valence-electron chi connectivity index (χ3n) is 1.90. The summed E-state index contributed by atoms with van der Waals surface area (Å²) >= 11 is 1.03. The molecule has 6 nitrogen and oxygen atoms in total. The first-order chi connectivity index (χ1) is 7.75. The average molecular weight is 239 g/mol. The van der Waals surface area contributed by atoms with Crippen LogP contribution in [0.3, 0.4) is 0 Å². The summed E-state index contributed by atoms with van der Waals surface area (Å²) in [7, 11) is 0. The SMILES string of the molecule is O=[N+]([O-])c1cnc(NCCc2ccco2)s1. The predicted molar refractivity (Wildman–Crippen MR) is 59.7 cm³/mol. The minimum absolute atomic E-state index is 0.0421. The molecule has 0 fully saturated rings. The van der Waals surface area contributed by atoms with Crippen LogP contribution in [0.5, 0.6) is 0 Å². The smallest absolute Gasteiger partial charge is 0.345 e. The first-order valence-electron chi connectivity index (χ1n) is 4.62. The Kier molecular flexibility index (Phi) is 3.16. The number of anilines is 1. The summed E-state index contributed by atoms with van der Waals surface area (Å²) in [6, 6.07) is 3.70. The summed E-state index contributed by atoms with van der Waals surface area (Å²) in [5, 5.41) is 14.0. The van der Waals surface area contributed by atoms with Crippen LogP contribution in [-0.2, 0) is 6.42 Å². The van der Waals surface area contributed by atoms with Gasteiger partial charge in [-0.25, -0.2) is 4.98 Å². The molecule has 16 heavy (non-hydrogen) atoms. The van der Waals surface area contributed by atoms with Crippen LogP contribution in [0.4, 0.5) is 10.1 Å². The Balaban J connectivity index is 1.83. The zero-order valence-corrected chi connectivity index (χ0v) is 9.07. The molecule has 0 aliphatic rings. The van der Waals surface area contributed by atoms with E-state index in [2.05, 4.69) is 10.3 Å². The summed E-state index contributed by atoms with van der Waals surface area (Å²) in [6.07, 6.45) is 3.59. The van der Waals surface area contributed by atoms with Gasteiger partial charge in [0.05, 0.1) is 11.2 Å². The maximum atomic E-state index is 10.4. The Morgan fingerprint density at radius 1 is 1.62 bits per heavy atom. The second-order valence-corrected chi connectivity index (χ2v) is 4.03. The number of rotatable bonds is 5. The van der Waals surface area contributed by atoms with Gasteiger partial charge in [0.2, 0.25) is 0 Å². The highest BCUT2D eigenvalue weighted by Gasteiger charge is 2.10. The standard InChI is InChI=1S/C9H9N3O3S/c13-12(14)8-6-11-9(16-8)10-4-3-7-2-1-5-15-7/h1-2,5-6H,3-4H2,(H,10,11). The highest BCUT2D eigenvalue weighted by Crippen LogP contribution is 2.24. The largest absolute Gasteiger partial charge is 0.469 e. The summed E-state index contributed by atoms with van der Waals surface area (Å²) in [4.78, 5) is 13.9. The van der Waals surface area contributed by atoms with Crippen molar-refractivity contribution < 1.29 is 9.34 Å². The molecule has 2 aromatic rings. The molecule has 0 radical (unpaired) electrons. The lowest BCUT2D eigenvalue weighted by molar-refractivity contribution is -0.380. The van der Waals surface area contributed by atoms with Crippen molar-refractivity contribution in [2.75, 3.05) is 11.9 Å². The van der Waals surface area contributed by atoms with E-state index in [-0.39, 0.29) is 5.00 Å². The maximum absolute atomic E-state index is 10.4. The fourth-order valence-corrected chi connectivity index (χ4v) is 1.84. The van der Waals surface area contributed by atoms with E-state index in [0.29, 0.717) is 11.7 Å². The first-order valence-corrected chi connectivity index (χ1v) is 5.44. The number of aromatic nitrogens is 1. The molecule has 0 atom stereocenters. The molecule has 7 heteroatoms. The predicted octanol–water partition coefficient (Wildman–Crippen LogP) is 2.30. The van der Waals surface area contributed by atoms with Crippen LogP contribution in [0.2, 0.25) is 0 Å². The van der Waals surface area contributed by atoms with E-state index in [0.717, 1.165) is 23.5 Å². The minimum atomic E-state index is -0.449. The number of nitrogens with one attached hydrogen (secondary N) is 1. The van der Waals surface area contributed by atoms with Crippen molar-refractivity contribution in [2.45, 2.75) is 6.42 Å². The highest BCUT2D eigenvalue weighted by molar-refractivity contribution is 7.18. The Labute approximate surface area is 95.1 Å². The Morgan fingerprint density at radius 2 is 2.50 bits per heavy atom. The lowest BCUT2D eigenvalue weighted by atomic mass is 10.3. The summed E-state index contributed by atoms with van der Waals surface area (Å²) in [5.74, 6) is 0.874. The summed E-state index contributed by atoms with van der Waals surface area (Å²) in [5.41, 5.74) is 0. The molecule has 0 aliphatic carbocycles. The molecule has 0 saturated heterocycles.